The first kappa shape index (κ1) is 26.6. The third kappa shape index (κ3) is 5.16. The Morgan fingerprint density at radius 1 is 1.06 bits per heavy atom. The number of aliphatic carboxylic acids is 1. The molecule has 0 saturated heterocycles. The van der Waals surface area contributed by atoms with Crippen LogP contribution in [0.2, 0.25) is 5.02 Å². The van der Waals surface area contributed by atoms with Crippen LogP contribution in [-0.4, -0.2) is 41.4 Å². The standard InChI is InChI=1S/C27H33ClN2O5/c1-14(2)21(34-7)13-35-27(33)23-18(6)29-17(5)22(26(31)32)24(23)19-9-8-10-20(25(19)28)30-15(3)11-12-16(30)4/h8-12,14,21,24,29H,13H2,1-7H3,(H,31,32). The number of ether oxygens (including phenoxy) is 2. The Morgan fingerprint density at radius 3 is 2.20 bits per heavy atom. The van der Waals surface area contributed by atoms with Crippen LogP contribution in [0.4, 0.5) is 0 Å². The smallest absolute Gasteiger partial charge is 0.336 e. The van der Waals surface area contributed by atoms with Crippen LogP contribution >= 0.6 is 11.6 Å². The van der Waals surface area contributed by atoms with Gasteiger partial charge in [0.2, 0.25) is 0 Å². The average molecular weight is 501 g/mol. The molecule has 35 heavy (non-hydrogen) atoms. The fourth-order valence-electron chi connectivity index (χ4n) is 4.61. The predicted octanol–water partition coefficient (Wildman–Crippen LogP) is 5.28. The molecule has 2 N–H and O–H groups in total. The number of hydrogen-bond donors (Lipinski definition) is 2. The van der Waals surface area contributed by atoms with Gasteiger partial charge in [0.25, 0.3) is 0 Å². The maximum Gasteiger partial charge on any atom is 0.336 e. The lowest BCUT2D eigenvalue weighted by molar-refractivity contribution is -0.144. The number of nitrogens with one attached hydrogen (secondary N) is 1. The second kappa shape index (κ2) is 10.7. The number of carboxylic acids is 1. The zero-order chi connectivity index (χ0) is 26.0. The van der Waals surface area contributed by atoms with Gasteiger partial charge >= 0.3 is 11.9 Å². The Morgan fingerprint density at radius 2 is 1.66 bits per heavy atom. The van der Waals surface area contributed by atoms with Gasteiger partial charge in [0.15, 0.2) is 0 Å². The van der Waals surface area contributed by atoms with Gasteiger partial charge < -0.3 is 24.5 Å². The number of carbonyl (C=O) groups excluding carboxylic acids is 1. The highest BCUT2D eigenvalue weighted by molar-refractivity contribution is 6.33. The molecule has 2 aromatic rings. The van der Waals surface area contributed by atoms with E-state index in [2.05, 4.69) is 5.32 Å². The summed E-state index contributed by atoms with van der Waals surface area (Å²) >= 11 is 6.95. The van der Waals surface area contributed by atoms with E-state index in [9.17, 15) is 14.7 Å². The van der Waals surface area contributed by atoms with Crippen molar-refractivity contribution in [3.05, 3.63) is 74.8 Å². The molecule has 0 saturated carbocycles. The summed E-state index contributed by atoms with van der Waals surface area (Å²) in [5, 5.41) is 13.6. The van der Waals surface area contributed by atoms with E-state index in [1.165, 1.54) is 0 Å². The lowest BCUT2D eigenvalue weighted by atomic mass is 9.80. The van der Waals surface area contributed by atoms with Gasteiger partial charge in [-0.1, -0.05) is 37.6 Å². The van der Waals surface area contributed by atoms with Crippen molar-refractivity contribution in [1.29, 1.82) is 0 Å². The molecule has 2 heterocycles. The van der Waals surface area contributed by atoms with Crippen molar-refractivity contribution >= 4 is 23.5 Å². The van der Waals surface area contributed by atoms with E-state index in [0.717, 1.165) is 17.1 Å². The van der Waals surface area contributed by atoms with Gasteiger partial charge in [-0.3, -0.25) is 0 Å². The number of hydrogen-bond acceptors (Lipinski definition) is 5. The summed E-state index contributed by atoms with van der Waals surface area (Å²) in [6, 6.07) is 9.44. The normalized spacial score (nSPS) is 17.0. The third-order valence-electron chi connectivity index (χ3n) is 6.47. The highest BCUT2D eigenvalue weighted by Crippen LogP contribution is 2.43. The first-order valence-corrected chi connectivity index (χ1v) is 11.9. The van der Waals surface area contributed by atoms with Crippen molar-refractivity contribution < 1.29 is 24.2 Å². The van der Waals surface area contributed by atoms with E-state index < -0.39 is 17.9 Å². The predicted molar refractivity (Wildman–Crippen MR) is 136 cm³/mol. The SMILES string of the molecule is COC(COC(=O)C1=C(C)NC(C)=C(C(=O)O)C1c1cccc(-n2c(C)ccc2C)c1Cl)C(C)C. The van der Waals surface area contributed by atoms with Crippen molar-refractivity contribution in [3.8, 4) is 5.69 Å². The van der Waals surface area contributed by atoms with Crippen molar-refractivity contribution in [2.45, 2.75) is 53.6 Å². The number of halogens is 1. The number of rotatable bonds is 8. The second-order valence-corrected chi connectivity index (χ2v) is 9.57. The summed E-state index contributed by atoms with van der Waals surface area (Å²) in [5.74, 6) is -2.52. The van der Waals surface area contributed by atoms with E-state index in [0.29, 0.717) is 22.0 Å². The Balaban J connectivity index is 2.15. The van der Waals surface area contributed by atoms with E-state index in [-0.39, 0.29) is 29.8 Å². The molecule has 0 spiro atoms. The summed E-state index contributed by atoms with van der Waals surface area (Å²) in [4.78, 5) is 25.8. The number of aryl methyl sites for hydroxylation is 2. The number of nitrogens with zero attached hydrogens (tertiary/aromatic N) is 1. The van der Waals surface area contributed by atoms with Gasteiger partial charge in [-0.05, 0) is 57.4 Å². The number of carbonyl (C=O) groups is 2. The van der Waals surface area contributed by atoms with Crippen LogP contribution in [0.5, 0.6) is 0 Å². The van der Waals surface area contributed by atoms with Gasteiger partial charge in [0.05, 0.1) is 33.9 Å². The molecule has 2 unspecified atom stereocenters. The molecule has 1 aliphatic heterocycles. The minimum atomic E-state index is -1.13. The fraction of sp³-hybridized carbons (Fsp3) is 0.407. The largest absolute Gasteiger partial charge is 0.478 e. The molecular weight excluding hydrogens is 468 g/mol. The number of methoxy groups -OCH3 is 1. The van der Waals surface area contributed by atoms with Crippen LogP contribution in [0, 0.1) is 19.8 Å². The summed E-state index contributed by atoms with van der Waals surface area (Å²) in [5.41, 5.74) is 4.45. The van der Waals surface area contributed by atoms with Crippen molar-refractivity contribution in [2.24, 2.45) is 5.92 Å². The van der Waals surface area contributed by atoms with Crippen LogP contribution in [0.1, 0.15) is 50.6 Å². The zero-order valence-corrected chi connectivity index (χ0v) is 22.0. The third-order valence-corrected chi connectivity index (χ3v) is 6.88. The lowest BCUT2D eigenvalue weighted by Gasteiger charge is -2.31. The van der Waals surface area contributed by atoms with E-state index in [1.54, 1.807) is 27.0 Å². The number of aromatic nitrogens is 1. The Labute approximate surface area is 211 Å². The molecule has 0 fully saturated rings. The van der Waals surface area contributed by atoms with E-state index in [4.69, 9.17) is 21.1 Å². The molecule has 0 radical (unpaired) electrons. The maximum absolute atomic E-state index is 13.4. The molecule has 7 nitrogen and oxygen atoms in total. The van der Waals surface area contributed by atoms with Gasteiger partial charge in [-0.2, -0.15) is 0 Å². The number of benzene rings is 1. The zero-order valence-electron chi connectivity index (χ0n) is 21.2. The van der Waals surface area contributed by atoms with Gasteiger partial charge in [0, 0.05) is 29.9 Å². The topological polar surface area (TPSA) is 89.8 Å². The summed E-state index contributed by atoms with van der Waals surface area (Å²) in [7, 11) is 1.57. The van der Waals surface area contributed by atoms with Crippen LogP contribution in [-0.2, 0) is 19.1 Å². The Hall–Kier alpha value is -3.03. The summed E-state index contributed by atoms with van der Waals surface area (Å²) in [6.07, 6.45) is -0.280. The Kier molecular flexibility index (Phi) is 8.13. The van der Waals surface area contributed by atoms with Crippen LogP contribution in [0.3, 0.4) is 0 Å². The van der Waals surface area contributed by atoms with Crippen LogP contribution < -0.4 is 5.32 Å². The molecule has 188 valence electrons. The Bertz CT molecular complexity index is 1190. The van der Waals surface area contributed by atoms with E-state index in [1.807, 2.05) is 56.5 Å². The quantitative estimate of drug-likeness (QED) is 0.479. The molecule has 0 bridgehead atoms. The highest BCUT2D eigenvalue weighted by Gasteiger charge is 2.39. The summed E-state index contributed by atoms with van der Waals surface area (Å²) in [6.45, 7) is 11.4. The molecule has 3 rings (SSSR count). The average Bonchev–Trinajstić information content (AvgIpc) is 3.11. The minimum absolute atomic E-state index is 0.0506. The minimum Gasteiger partial charge on any atom is -0.478 e. The number of allylic oxidation sites excluding steroid dienone is 2. The first-order chi connectivity index (χ1) is 16.5. The van der Waals surface area contributed by atoms with Gasteiger partial charge in [-0.15, -0.1) is 0 Å². The van der Waals surface area contributed by atoms with Crippen LogP contribution in [0.25, 0.3) is 5.69 Å². The lowest BCUT2D eigenvalue weighted by Crippen LogP contribution is -2.33. The molecule has 1 aliphatic rings. The molecule has 1 aromatic heterocycles. The highest BCUT2D eigenvalue weighted by atomic mass is 35.5. The molecule has 8 heteroatoms. The molecule has 2 atom stereocenters. The molecule has 1 aromatic carbocycles. The van der Waals surface area contributed by atoms with Gasteiger partial charge in [0.1, 0.15) is 6.61 Å². The second-order valence-electron chi connectivity index (χ2n) is 9.19. The van der Waals surface area contributed by atoms with Crippen molar-refractivity contribution in [2.75, 3.05) is 13.7 Å². The first-order valence-electron chi connectivity index (χ1n) is 11.5. The molecule has 0 aliphatic carbocycles. The molecule has 0 amide bonds. The number of esters is 1. The van der Waals surface area contributed by atoms with Crippen LogP contribution in [0.15, 0.2) is 52.9 Å². The number of dihydropyridines is 1. The van der Waals surface area contributed by atoms with Crippen molar-refractivity contribution in [1.82, 2.24) is 9.88 Å². The monoisotopic (exact) mass is 500 g/mol. The number of carboxylic acid groups (broad SMARTS) is 1. The summed E-state index contributed by atoms with van der Waals surface area (Å²) < 4.78 is 13.1. The van der Waals surface area contributed by atoms with Crippen molar-refractivity contribution in [3.63, 3.8) is 0 Å². The fourth-order valence-corrected chi connectivity index (χ4v) is 4.93. The maximum atomic E-state index is 13.4. The van der Waals surface area contributed by atoms with E-state index >= 15 is 0 Å². The van der Waals surface area contributed by atoms with Gasteiger partial charge in [-0.25, -0.2) is 9.59 Å². The molecular formula is C27H33ClN2O5.